The summed E-state index contributed by atoms with van der Waals surface area (Å²) in [5.41, 5.74) is 5.22. The Morgan fingerprint density at radius 1 is 1.15 bits per heavy atom. The van der Waals surface area contributed by atoms with Crippen molar-refractivity contribution in [2.45, 2.75) is 13.8 Å². The number of fused-ring (bicyclic) bond motifs is 1. The second-order valence-electron chi connectivity index (χ2n) is 4.47. The van der Waals surface area contributed by atoms with Crippen LogP contribution in [0.3, 0.4) is 0 Å². The van der Waals surface area contributed by atoms with Gasteiger partial charge in [-0.3, -0.25) is 5.43 Å². The molecule has 0 bridgehead atoms. The van der Waals surface area contributed by atoms with Crippen molar-refractivity contribution >= 4 is 23.0 Å². The van der Waals surface area contributed by atoms with Gasteiger partial charge in [-0.15, -0.1) is 0 Å². The SMILES string of the molecule is Cc1nc(/C=N/Nc2ccccc2)c2cc(C)oc2n1. The summed E-state index contributed by atoms with van der Waals surface area (Å²) >= 11 is 0. The van der Waals surface area contributed by atoms with Gasteiger partial charge in [-0.25, -0.2) is 4.98 Å². The van der Waals surface area contributed by atoms with E-state index >= 15 is 0 Å². The van der Waals surface area contributed by atoms with Crippen molar-refractivity contribution in [3.05, 3.63) is 53.7 Å². The first-order valence-corrected chi connectivity index (χ1v) is 6.31. The van der Waals surface area contributed by atoms with Crippen LogP contribution in [-0.4, -0.2) is 16.2 Å². The van der Waals surface area contributed by atoms with Gasteiger partial charge in [-0.05, 0) is 32.0 Å². The summed E-state index contributed by atoms with van der Waals surface area (Å²) in [6.07, 6.45) is 1.68. The molecule has 0 fully saturated rings. The normalized spacial score (nSPS) is 11.3. The Bertz CT molecular complexity index is 762. The number of para-hydroxylation sites is 1. The Morgan fingerprint density at radius 3 is 2.75 bits per heavy atom. The topological polar surface area (TPSA) is 63.3 Å². The molecule has 5 nitrogen and oxygen atoms in total. The van der Waals surface area contributed by atoms with Crippen molar-refractivity contribution in [1.82, 2.24) is 9.97 Å². The highest BCUT2D eigenvalue weighted by atomic mass is 16.3. The number of aromatic nitrogens is 2. The lowest BCUT2D eigenvalue weighted by atomic mass is 10.3. The molecule has 1 N–H and O–H groups in total. The largest absolute Gasteiger partial charge is 0.443 e. The molecule has 0 saturated carbocycles. The lowest BCUT2D eigenvalue weighted by Crippen LogP contribution is -1.97. The molecular weight excluding hydrogens is 252 g/mol. The van der Waals surface area contributed by atoms with Crippen LogP contribution in [0.15, 0.2) is 45.9 Å². The van der Waals surface area contributed by atoms with E-state index in [0.717, 1.165) is 22.5 Å². The van der Waals surface area contributed by atoms with Crippen molar-refractivity contribution in [3.63, 3.8) is 0 Å². The fourth-order valence-electron chi connectivity index (χ4n) is 1.95. The number of benzene rings is 1. The van der Waals surface area contributed by atoms with Gasteiger partial charge in [0.25, 0.3) is 0 Å². The van der Waals surface area contributed by atoms with Gasteiger partial charge >= 0.3 is 0 Å². The molecule has 2 heterocycles. The highest BCUT2D eigenvalue weighted by Gasteiger charge is 2.08. The van der Waals surface area contributed by atoms with E-state index < -0.39 is 0 Å². The number of furan rings is 1. The molecule has 20 heavy (non-hydrogen) atoms. The summed E-state index contributed by atoms with van der Waals surface area (Å²) in [5.74, 6) is 1.47. The Hall–Kier alpha value is -2.69. The van der Waals surface area contributed by atoms with Crippen LogP contribution in [0.1, 0.15) is 17.3 Å². The minimum absolute atomic E-state index is 0.594. The highest BCUT2D eigenvalue weighted by Crippen LogP contribution is 2.19. The van der Waals surface area contributed by atoms with Crippen molar-refractivity contribution in [1.29, 1.82) is 0 Å². The molecule has 1 aromatic carbocycles. The van der Waals surface area contributed by atoms with Crippen LogP contribution < -0.4 is 5.43 Å². The number of aryl methyl sites for hydroxylation is 2. The molecule has 0 atom stereocenters. The summed E-state index contributed by atoms with van der Waals surface area (Å²) in [7, 11) is 0. The summed E-state index contributed by atoms with van der Waals surface area (Å²) in [5, 5.41) is 5.07. The Kier molecular flexibility index (Phi) is 3.16. The van der Waals surface area contributed by atoms with Crippen LogP contribution in [-0.2, 0) is 0 Å². The van der Waals surface area contributed by atoms with Gasteiger partial charge in [-0.2, -0.15) is 10.1 Å². The van der Waals surface area contributed by atoms with Crippen molar-refractivity contribution in [2.75, 3.05) is 5.43 Å². The van der Waals surface area contributed by atoms with Gasteiger partial charge in [0, 0.05) is 0 Å². The van der Waals surface area contributed by atoms with Gasteiger partial charge < -0.3 is 4.42 Å². The van der Waals surface area contributed by atoms with Crippen LogP contribution in [0.2, 0.25) is 0 Å². The molecule has 5 heteroatoms. The first-order valence-electron chi connectivity index (χ1n) is 6.31. The van der Waals surface area contributed by atoms with Gasteiger partial charge in [-0.1, -0.05) is 18.2 Å². The summed E-state index contributed by atoms with van der Waals surface area (Å²) in [4.78, 5) is 8.65. The Morgan fingerprint density at radius 2 is 1.95 bits per heavy atom. The monoisotopic (exact) mass is 266 g/mol. The van der Waals surface area contributed by atoms with E-state index in [2.05, 4.69) is 20.5 Å². The number of nitrogens with zero attached hydrogens (tertiary/aromatic N) is 3. The zero-order valence-electron chi connectivity index (χ0n) is 11.3. The first-order chi connectivity index (χ1) is 9.72. The summed E-state index contributed by atoms with van der Waals surface area (Å²) in [6, 6.07) is 11.7. The smallest absolute Gasteiger partial charge is 0.230 e. The minimum atomic E-state index is 0.594. The van der Waals surface area contributed by atoms with Gasteiger partial charge in [0.15, 0.2) is 0 Å². The third-order valence-corrected chi connectivity index (χ3v) is 2.81. The predicted octanol–water partition coefficient (Wildman–Crippen LogP) is 3.29. The number of hydrogen-bond acceptors (Lipinski definition) is 5. The molecule has 0 saturated heterocycles. The van der Waals surface area contributed by atoms with Gasteiger partial charge in [0.1, 0.15) is 11.6 Å². The molecule has 0 radical (unpaired) electrons. The molecular formula is C15H14N4O. The van der Waals surface area contributed by atoms with Crippen molar-refractivity contribution in [3.8, 4) is 0 Å². The van der Waals surface area contributed by atoms with Crippen molar-refractivity contribution in [2.24, 2.45) is 5.10 Å². The quantitative estimate of drug-likeness (QED) is 0.583. The zero-order chi connectivity index (χ0) is 13.9. The molecule has 0 aliphatic heterocycles. The van der Waals surface area contributed by atoms with E-state index in [-0.39, 0.29) is 0 Å². The molecule has 2 aromatic heterocycles. The van der Waals surface area contributed by atoms with E-state index in [4.69, 9.17) is 4.42 Å². The van der Waals surface area contributed by atoms with E-state index in [9.17, 15) is 0 Å². The van der Waals surface area contributed by atoms with E-state index in [1.165, 1.54) is 0 Å². The van der Waals surface area contributed by atoms with E-state index in [1.54, 1.807) is 6.21 Å². The second kappa shape index (κ2) is 5.13. The molecule has 0 amide bonds. The third kappa shape index (κ3) is 2.51. The fourth-order valence-corrected chi connectivity index (χ4v) is 1.95. The van der Waals surface area contributed by atoms with Gasteiger partial charge in [0.2, 0.25) is 5.71 Å². The standard InChI is InChI=1S/C15H14N4O/c1-10-8-13-14(17-11(2)18-15(13)20-10)9-16-19-12-6-4-3-5-7-12/h3-9,19H,1-2H3/b16-9+. The zero-order valence-corrected chi connectivity index (χ0v) is 11.3. The van der Waals surface area contributed by atoms with Crippen molar-refractivity contribution < 1.29 is 4.42 Å². The first kappa shape index (κ1) is 12.3. The molecule has 3 rings (SSSR count). The molecule has 3 aromatic rings. The second-order valence-corrected chi connectivity index (χ2v) is 4.47. The lowest BCUT2D eigenvalue weighted by Gasteiger charge is -1.99. The van der Waals surface area contributed by atoms with Crippen LogP contribution in [0.4, 0.5) is 5.69 Å². The molecule has 0 spiro atoms. The molecule has 100 valence electrons. The number of hydrogen-bond donors (Lipinski definition) is 1. The molecule has 0 aliphatic rings. The van der Waals surface area contributed by atoms with E-state index in [0.29, 0.717) is 11.5 Å². The molecule has 0 aliphatic carbocycles. The predicted molar refractivity (Wildman–Crippen MR) is 78.9 cm³/mol. The summed E-state index contributed by atoms with van der Waals surface area (Å²) in [6.45, 7) is 3.72. The lowest BCUT2D eigenvalue weighted by molar-refractivity contribution is 0.566. The maximum absolute atomic E-state index is 5.52. The third-order valence-electron chi connectivity index (χ3n) is 2.81. The summed E-state index contributed by atoms with van der Waals surface area (Å²) < 4.78 is 5.52. The maximum atomic E-state index is 5.52. The number of hydrazone groups is 1. The minimum Gasteiger partial charge on any atom is -0.443 e. The number of anilines is 1. The van der Waals surface area contributed by atoms with Gasteiger partial charge in [0.05, 0.1) is 23.0 Å². The van der Waals surface area contributed by atoms with E-state index in [1.807, 2.05) is 50.2 Å². The number of nitrogens with one attached hydrogen (secondary N) is 1. The number of rotatable bonds is 3. The average molecular weight is 266 g/mol. The Labute approximate surface area is 116 Å². The van der Waals surface area contributed by atoms with Crippen LogP contribution in [0, 0.1) is 13.8 Å². The van der Waals surface area contributed by atoms with Crippen LogP contribution >= 0.6 is 0 Å². The Balaban J connectivity index is 1.90. The van der Waals surface area contributed by atoms with Crippen LogP contribution in [0.5, 0.6) is 0 Å². The molecule has 0 unspecified atom stereocenters. The maximum Gasteiger partial charge on any atom is 0.230 e. The van der Waals surface area contributed by atoms with Crippen LogP contribution in [0.25, 0.3) is 11.1 Å². The fraction of sp³-hybridized carbons (Fsp3) is 0.133. The average Bonchev–Trinajstić information content (AvgIpc) is 2.80. The highest BCUT2D eigenvalue weighted by molar-refractivity contribution is 5.94.